The summed E-state index contributed by atoms with van der Waals surface area (Å²) in [7, 11) is 0. The van der Waals surface area contributed by atoms with Crippen LogP contribution < -0.4 is 11.2 Å². The molecule has 8 nitrogen and oxygen atoms in total. The zero-order valence-corrected chi connectivity index (χ0v) is 15.4. The van der Waals surface area contributed by atoms with Crippen molar-refractivity contribution in [2.45, 2.75) is 70.7 Å². The second-order valence-electron chi connectivity index (χ2n) is 6.50. The summed E-state index contributed by atoms with van der Waals surface area (Å²) in [6, 6.07) is 0. The third-order valence-electron chi connectivity index (χ3n) is 4.42. The molecule has 2 rings (SSSR count). The van der Waals surface area contributed by atoms with Crippen LogP contribution in [-0.2, 0) is 14.2 Å². The summed E-state index contributed by atoms with van der Waals surface area (Å²) >= 11 is 0. The van der Waals surface area contributed by atoms with Crippen molar-refractivity contribution in [3.05, 3.63) is 32.9 Å². The van der Waals surface area contributed by atoms with Crippen LogP contribution in [0, 0.1) is 5.82 Å². The molecule has 1 aromatic rings. The first-order chi connectivity index (χ1) is 12.4. The van der Waals surface area contributed by atoms with Crippen molar-refractivity contribution in [3.63, 3.8) is 0 Å². The number of hydrogen-bond donors (Lipinski definition) is 2. The number of rotatable bonds is 6. The fourth-order valence-electron chi connectivity index (χ4n) is 3.18. The molecule has 2 heterocycles. The van der Waals surface area contributed by atoms with Crippen molar-refractivity contribution in [1.29, 1.82) is 0 Å². The van der Waals surface area contributed by atoms with Crippen LogP contribution in [0.5, 0.6) is 0 Å². The van der Waals surface area contributed by atoms with Gasteiger partial charge in [0.05, 0.1) is 25.5 Å². The highest BCUT2D eigenvalue weighted by atomic mass is 19.1. The highest BCUT2D eigenvalue weighted by Gasteiger charge is 2.39. The summed E-state index contributed by atoms with van der Waals surface area (Å²) in [5.74, 6) is -1.98. The number of aliphatic hydroxyl groups is 1. The van der Waals surface area contributed by atoms with Crippen molar-refractivity contribution in [2.24, 2.45) is 0 Å². The largest absolute Gasteiger partial charge is 0.394 e. The lowest BCUT2D eigenvalue weighted by atomic mass is 10.0. The average Bonchev–Trinajstić information content (AvgIpc) is 2.58. The van der Waals surface area contributed by atoms with Crippen molar-refractivity contribution in [3.8, 4) is 0 Å². The number of aromatic amines is 1. The minimum absolute atomic E-state index is 0.0887. The van der Waals surface area contributed by atoms with Gasteiger partial charge in [0.1, 0.15) is 6.10 Å². The Kier molecular flexibility index (Phi) is 7.10. The smallest absolute Gasteiger partial charge is 0.330 e. The molecule has 0 aromatic carbocycles. The van der Waals surface area contributed by atoms with E-state index in [-0.39, 0.29) is 13.2 Å². The zero-order chi connectivity index (χ0) is 19.3. The molecular weight excluding hydrogens is 347 g/mol. The Morgan fingerprint density at radius 2 is 2.00 bits per heavy atom. The molecule has 0 bridgehead atoms. The first-order valence-electron chi connectivity index (χ1n) is 8.94. The lowest BCUT2D eigenvalue weighted by Crippen LogP contribution is -2.50. The molecule has 1 saturated heterocycles. The summed E-state index contributed by atoms with van der Waals surface area (Å²) in [4.78, 5) is 25.3. The highest BCUT2D eigenvalue weighted by molar-refractivity contribution is 4.89. The fourth-order valence-corrected chi connectivity index (χ4v) is 3.18. The topological polar surface area (TPSA) is 103 Å². The van der Waals surface area contributed by atoms with E-state index in [0.717, 1.165) is 23.6 Å². The predicted molar refractivity (Wildman–Crippen MR) is 91.3 cm³/mol. The molecule has 0 amide bonds. The van der Waals surface area contributed by atoms with Gasteiger partial charge in [0.25, 0.3) is 5.56 Å². The Morgan fingerprint density at radius 1 is 1.35 bits per heavy atom. The van der Waals surface area contributed by atoms with E-state index >= 15 is 0 Å². The van der Waals surface area contributed by atoms with E-state index in [0.29, 0.717) is 12.8 Å². The van der Waals surface area contributed by atoms with E-state index in [9.17, 15) is 19.1 Å². The summed E-state index contributed by atoms with van der Waals surface area (Å²) in [6.45, 7) is 5.34. The second kappa shape index (κ2) is 8.90. The van der Waals surface area contributed by atoms with Gasteiger partial charge in [-0.25, -0.2) is 4.79 Å². The van der Waals surface area contributed by atoms with Gasteiger partial charge < -0.3 is 19.3 Å². The molecule has 148 valence electrons. The van der Waals surface area contributed by atoms with Crippen LogP contribution in [0.15, 0.2) is 15.8 Å². The lowest BCUT2D eigenvalue weighted by Gasteiger charge is -2.42. The van der Waals surface area contributed by atoms with Gasteiger partial charge in [-0.1, -0.05) is 26.7 Å². The summed E-state index contributed by atoms with van der Waals surface area (Å²) in [6.07, 6.45) is 1.42. The Balaban J connectivity index is 2.40. The van der Waals surface area contributed by atoms with Crippen molar-refractivity contribution < 1.29 is 23.7 Å². The Hall–Kier alpha value is -1.55. The molecule has 1 fully saturated rings. The number of nitrogens with zero attached hydrogens (tertiary/aromatic N) is 1. The molecule has 0 saturated carbocycles. The van der Waals surface area contributed by atoms with E-state index < -0.39 is 41.3 Å². The van der Waals surface area contributed by atoms with Crippen molar-refractivity contribution >= 4 is 0 Å². The minimum Gasteiger partial charge on any atom is -0.394 e. The number of halogens is 1. The van der Waals surface area contributed by atoms with Crippen LogP contribution in [0.2, 0.25) is 0 Å². The highest BCUT2D eigenvalue weighted by Crippen LogP contribution is 2.32. The number of ether oxygens (including phenoxy) is 3. The maximum atomic E-state index is 13.7. The van der Waals surface area contributed by atoms with Crippen LogP contribution >= 0.6 is 0 Å². The molecule has 26 heavy (non-hydrogen) atoms. The minimum atomic E-state index is -1.10. The van der Waals surface area contributed by atoms with Gasteiger partial charge in [-0.3, -0.25) is 14.3 Å². The lowest BCUT2D eigenvalue weighted by molar-refractivity contribution is -0.322. The average molecular weight is 374 g/mol. The molecule has 1 aliphatic heterocycles. The second-order valence-corrected chi connectivity index (χ2v) is 6.50. The fraction of sp³-hybridized carbons (Fsp3) is 0.765. The molecule has 1 aromatic heterocycles. The van der Waals surface area contributed by atoms with Gasteiger partial charge in [0.2, 0.25) is 5.82 Å². The molecular formula is C17H27FN2O6. The first-order valence-corrected chi connectivity index (χ1v) is 8.94. The standard InChI is InChI=1S/C17H27FN2O6/c1-4-6-17(7-5-2)24-10-14(25-13(9-21)11(3)26-17)20-8-12(18)15(22)19-16(20)23/h8,11,13-14,21H,4-7,9-10H2,1-3H3,(H,19,22,23). The van der Waals surface area contributed by atoms with Crippen LogP contribution in [0.1, 0.15) is 52.7 Å². The van der Waals surface area contributed by atoms with Crippen LogP contribution in [0.3, 0.4) is 0 Å². The summed E-state index contributed by atoms with van der Waals surface area (Å²) in [5, 5.41) is 9.68. The quantitative estimate of drug-likeness (QED) is 0.778. The molecule has 1 aliphatic rings. The summed E-state index contributed by atoms with van der Waals surface area (Å²) < 4.78 is 32.4. The Morgan fingerprint density at radius 3 is 2.58 bits per heavy atom. The number of nitrogens with one attached hydrogen (secondary N) is 1. The Bertz CT molecular complexity index is 697. The number of H-pyrrole nitrogens is 1. The maximum Gasteiger partial charge on any atom is 0.330 e. The molecule has 0 aliphatic carbocycles. The van der Waals surface area contributed by atoms with Gasteiger partial charge in [-0.15, -0.1) is 0 Å². The first kappa shape index (κ1) is 20.8. The number of hydrogen-bond acceptors (Lipinski definition) is 6. The van der Waals surface area contributed by atoms with E-state index in [4.69, 9.17) is 14.2 Å². The molecule has 3 atom stereocenters. The van der Waals surface area contributed by atoms with Gasteiger partial charge in [0.15, 0.2) is 12.0 Å². The van der Waals surface area contributed by atoms with Crippen molar-refractivity contribution in [2.75, 3.05) is 13.2 Å². The van der Waals surface area contributed by atoms with E-state index in [1.165, 1.54) is 0 Å². The predicted octanol–water partition coefficient (Wildman–Crippen LogP) is 1.28. The zero-order valence-electron chi connectivity index (χ0n) is 15.4. The monoisotopic (exact) mass is 374 g/mol. The third kappa shape index (κ3) is 4.59. The third-order valence-corrected chi connectivity index (χ3v) is 4.42. The Labute approximate surface area is 150 Å². The molecule has 0 radical (unpaired) electrons. The maximum absolute atomic E-state index is 13.7. The number of aliphatic hydroxyl groups excluding tert-OH is 1. The van der Waals surface area contributed by atoms with Crippen LogP contribution in [0.4, 0.5) is 4.39 Å². The molecule has 0 spiro atoms. The van der Waals surface area contributed by atoms with Gasteiger partial charge in [-0.05, 0) is 6.92 Å². The normalized spacial score (nSPS) is 26.3. The van der Waals surface area contributed by atoms with Crippen molar-refractivity contribution in [1.82, 2.24) is 9.55 Å². The van der Waals surface area contributed by atoms with Gasteiger partial charge >= 0.3 is 5.69 Å². The number of aromatic nitrogens is 2. The summed E-state index contributed by atoms with van der Waals surface area (Å²) in [5.41, 5.74) is -1.91. The molecule has 3 unspecified atom stereocenters. The SMILES string of the molecule is CCCC1(CCC)OCC(n2cc(F)c(=O)[nH]c2=O)OC(CO)C(C)O1. The van der Waals surface area contributed by atoms with Gasteiger partial charge in [0, 0.05) is 12.8 Å². The van der Waals surface area contributed by atoms with E-state index in [1.807, 2.05) is 18.8 Å². The molecule has 9 heteroatoms. The molecule has 2 N–H and O–H groups in total. The van der Waals surface area contributed by atoms with Gasteiger partial charge in [-0.2, -0.15) is 4.39 Å². The van der Waals surface area contributed by atoms with Crippen LogP contribution in [-0.4, -0.2) is 45.9 Å². The van der Waals surface area contributed by atoms with E-state index in [2.05, 4.69) is 0 Å². The van der Waals surface area contributed by atoms with Crippen LogP contribution in [0.25, 0.3) is 0 Å². The van der Waals surface area contributed by atoms with E-state index in [1.54, 1.807) is 6.92 Å².